The lowest BCUT2D eigenvalue weighted by Crippen LogP contribution is -2.28. The highest BCUT2D eigenvalue weighted by Crippen LogP contribution is 2.18. The van der Waals surface area contributed by atoms with Gasteiger partial charge in [0.05, 0.1) is 0 Å². The average Bonchev–Trinajstić information content (AvgIpc) is 2.24. The maximum Gasteiger partial charge on any atom is 0.125 e. The van der Waals surface area contributed by atoms with Crippen LogP contribution in [0.3, 0.4) is 0 Å². The second kappa shape index (κ2) is 6.06. The number of alkyl halides is 1. The first kappa shape index (κ1) is 13.3. The zero-order valence-corrected chi connectivity index (χ0v) is 10.8. The van der Waals surface area contributed by atoms with Gasteiger partial charge in [-0.05, 0) is 37.9 Å². The molecule has 0 amide bonds. The lowest BCUT2D eigenvalue weighted by atomic mass is 10.2. The molecule has 4 heteroatoms. The molecular weight excluding hydrogens is 227 g/mol. The van der Waals surface area contributed by atoms with Crippen LogP contribution in [0.15, 0.2) is 18.2 Å². The molecule has 1 rings (SSSR count). The first-order valence-corrected chi connectivity index (χ1v) is 5.77. The molecule has 0 heterocycles. The van der Waals surface area contributed by atoms with Crippen molar-refractivity contribution in [2.75, 3.05) is 39.1 Å². The first-order valence-electron chi connectivity index (χ1n) is 5.24. The number of anilines is 1. The highest BCUT2D eigenvalue weighted by Gasteiger charge is 2.05. The summed E-state index contributed by atoms with van der Waals surface area (Å²) in [5.74, 6) is 0.108. The third kappa shape index (κ3) is 3.99. The molecule has 1 aromatic carbocycles. The molecule has 0 fully saturated rings. The highest BCUT2D eigenvalue weighted by atomic mass is 35.5. The van der Waals surface area contributed by atoms with Crippen LogP contribution in [0, 0.1) is 5.82 Å². The van der Waals surface area contributed by atoms with Gasteiger partial charge in [0.15, 0.2) is 0 Å². The summed E-state index contributed by atoms with van der Waals surface area (Å²) >= 11 is 5.71. The van der Waals surface area contributed by atoms with Gasteiger partial charge in [0.2, 0.25) is 0 Å². The molecule has 0 aliphatic rings. The first-order chi connectivity index (χ1) is 7.52. The van der Waals surface area contributed by atoms with Crippen molar-refractivity contribution in [1.82, 2.24) is 4.90 Å². The van der Waals surface area contributed by atoms with E-state index < -0.39 is 0 Å². The smallest absolute Gasteiger partial charge is 0.125 e. The van der Waals surface area contributed by atoms with Gasteiger partial charge in [0.1, 0.15) is 5.82 Å². The molecule has 2 nitrogen and oxygen atoms in total. The molecule has 90 valence electrons. The summed E-state index contributed by atoms with van der Waals surface area (Å²) in [5, 5.41) is 0. The van der Waals surface area contributed by atoms with Crippen molar-refractivity contribution in [3.05, 3.63) is 29.6 Å². The van der Waals surface area contributed by atoms with E-state index in [0.717, 1.165) is 24.3 Å². The lowest BCUT2D eigenvalue weighted by Gasteiger charge is -2.22. The minimum atomic E-state index is -0.232. The van der Waals surface area contributed by atoms with E-state index in [1.807, 2.05) is 32.1 Å². The van der Waals surface area contributed by atoms with E-state index in [-0.39, 0.29) is 5.82 Å². The monoisotopic (exact) mass is 244 g/mol. The van der Waals surface area contributed by atoms with Crippen LogP contribution < -0.4 is 4.90 Å². The van der Waals surface area contributed by atoms with Gasteiger partial charge in [0, 0.05) is 31.7 Å². The molecule has 0 saturated heterocycles. The van der Waals surface area contributed by atoms with Crippen LogP contribution in [0.25, 0.3) is 0 Å². The summed E-state index contributed by atoms with van der Waals surface area (Å²) in [6, 6.07) is 4.92. The molecule has 0 bridgehead atoms. The van der Waals surface area contributed by atoms with Crippen LogP contribution in [0.1, 0.15) is 5.56 Å². The van der Waals surface area contributed by atoms with Crippen LogP contribution in [0.4, 0.5) is 10.1 Å². The van der Waals surface area contributed by atoms with Gasteiger partial charge in [-0.25, -0.2) is 4.39 Å². The predicted molar refractivity (Wildman–Crippen MR) is 67.8 cm³/mol. The standard InChI is InChI=1S/C12H18ClFN2/c1-15(2)4-5-16(3)12-7-10(9-13)6-11(14)8-12/h6-8H,4-5,9H2,1-3H3. The fourth-order valence-electron chi connectivity index (χ4n) is 1.41. The summed E-state index contributed by atoms with van der Waals surface area (Å²) in [6.45, 7) is 1.79. The number of hydrogen-bond donors (Lipinski definition) is 0. The fraction of sp³-hybridized carbons (Fsp3) is 0.500. The maximum atomic E-state index is 13.3. The Balaban J connectivity index is 2.74. The summed E-state index contributed by atoms with van der Waals surface area (Å²) in [4.78, 5) is 4.12. The quantitative estimate of drug-likeness (QED) is 0.735. The molecule has 0 aromatic heterocycles. The van der Waals surface area contributed by atoms with Gasteiger partial charge < -0.3 is 9.80 Å². The summed E-state index contributed by atoms with van der Waals surface area (Å²) < 4.78 is 13.3. The van der Waals surface area contributed by atoms with Crippen molar-refractivity contribution in [2.24, 2.45) is 0 Å². The molecule has 0 spiro atoms. The van der Waals surface area contributed by atoms with E-state index in [0.29, 0.717) is 5.88 Å². The zero-order chi connectivity index (χ0) is 12.1. The van der Waals surface area contributed by atoms with Gasteiger partial charge in [-0.15, -0.1) is 11.6 Å². The Bertz CT molecular complexity index is 342. The minimum absolute atomic E-state index is 0.232. The largest absolute Gasteiger partial charge is 0.373 e. The maximum absolute atomic E-state index is 13.3. The number of hydrogen-bond acceptors (Lipinski definition) is 2. The van der Waals surface area contributed by atoms with Crippen LogP contribution in [0.2, 0.25) is 0 Å². The van der Waals surface area contributed by atoms with E-state index in [1.54, 1.807) is 0 Å². The number of nitrogens with zero attached hydrogens (tertiary/aromatic N) is 2. The van der Waals surface area contributed by atoms with Gasteiger partial charge in [-0.1, -0.05) is 0 Å². The Kier molecular flexibility index (Phi) is 5.03. The molecule has 0 unspecified atom stereocenters. The second-order valence-corrected chi connectivity index (χ2v) is 4.44. The number of halogens is 2. The van der Waals surface area contributed by atoms with Gasteiger partial charge in [-0.3, -0.25) is 0 Å². The third-order valence-electron chi connectivity index (χ3n) is 2.42. The van der Waals surface area contributed by atoms with Gasteiger partial charge in [-0.2, -0.15) is 0 Å². The van der Waals surface area contributed by atoms with E-state index >= 15 is 0 Å². The predicted octanol–water partition coefficient (Wildman–Crippen LogP) is 2.56. The van der Waals surface area contributed by atoms with Crippen LogP contribution in [-0.2, 0) is 5.88 Å². The zero-order valence-electron chi connectivity index (χ0n) is 10.0. The van der Waals surface area contributed by atoms with E-state index in [4.69, 9.17) is 11.6 Å². The van der Waals surface area contributed by atoms with Crippen LogP contribution in [-0.4, -0.2) is 39.1 Å². The molecule has 0 atom stereocenters. The molecule has 0 radical (unpaired) electrons. The van der Waals surface area contributed by atoms with E-state index in [2.05, 4.69) is 4.90 Å². The molecule has 0 N–H and O–H groups in total. The number of likely N-dealkylation sites (N-methyl/N-ethyl adjacent to an activating group) is 2. The normalized spacial score (nSPS) is 10.9. The molecule has 0 aliphatic carbocycles. The van der Waals surface area contributed by atoms with Crippen molar-refractivity contribution < 1.29 is 4.39 Å². The van der Waals surface area contributed by atoms with Gasteiger partial charge in [0.25, 0.3) is 0 Å². The Morgan fingerprint density at radius 3 is 2.38 bits per heavy atom. The SMILES string of the molecule is CN(C)CCN(C)c1cc(F)cc(CCl)c1. The lowest BCUT2D eigenvalue weighted by molar-refractivity contribution is 0.416. The summed E-state index contributed by atoms with van der Waals surface area (Å²) in [5.41, 5.74) is 1.69. The van der Waals surface area contributed by atoms with Crippen molar-refractivity contribution in [3.63, 3.8) is 0 Å². The van der Waals surface area contributed by atoms with E-state index in [1.165, 1.54) is 12.1 Å². The molecule has 0 aliphatic heterocycles. The Hall–Kier alpha value is -0.800. The topological polar surface area (TPSA) is 6.48 Å². The number of benzene rings is 1. The summed E-state index contributed by atoms with van der Waals surface area (Å²) in [6.07, 6.45) is 0. The molecule has 16 heavy (non-hydrogen) atoms. The average molecular weight is 245 g/mol. The number of rotatable bonds is 5. The Morgan fingerprint density at radius 2 is 1.81 bits per heavy atom. The highest BCUT2D eigenvalue weighted by molar-refractivity contribution is 6.17. The van der Waals surface area contributed by atoms with Crippen molar-refractivity contribution in [1.29, 1.82) is 0 Å². The minimum Gasteiger partial charge on any atom is -0.373 e. The van der Waals surface area contributed by atoms with E-state index in [9.17, 15) is 4.39 Å². The Morgan fingerprint density at radius 1 is 1.12 bits per heavy atom. The fourth-order valence-corrected chi connectivity index (χ4v) is 1.56. The molecule has 0 saturated carbocycles. The van der Waals surface area contributed by atoms with Gasteiger partial charge >= 0.3 is 0 Å². The van der Waals surface area contributed by atoms with Crippen molar-refractivity contribution in [3.8, 4) is 0 Å². The molecule has 1 aromatic rings. The molecular formula is C12H18ClFN2. The van der Waals surface area contributed by atoms with Crippen molar-refractivity contribution in [2.45, 2.75) is 5.88 Å². The summed E-state index contributed by atoms with van der Waals surface area (Å²) in [7, 11) is 5.99. The Labute approximate surface area is 102 Å². The van der Waals surface area contributed by atoms with Crippen LogP contribution in [0.5, 0.6) is 0 Å². The third-order valence-corrected chi connectivity index (χ3v) is 2.73. The second-order valence-electron chi connectivity index (χ2n) is 4.18. The van der Waals surface area contributed by atoms with Crippen LogP contribution >= 0.6 is 11.6 Å². The van der Waals surface area contributed by atoms with Crippen molar-refractivity contribution >= 4 is 17.3 Å².